The molecule has 0 aliphatic rings. The van der Waals surface area contributed by atoms with Crippen molar-refractivity contribution in [1.82, 2.24) is 10.0 Å². The highest BCUT2D eigenvalue weighted by molar-refractivity contribution is 7.89. The molecule has 1 rings (SSSR count). The van der Waals surface area contributed by atoms with E-state index >= 15 is 0 Å². The van der Waals surface area contributed by atoms with Crippen LogP contribution in [0.3, 0.4) is 0 Å². The number of hydrogen-bond acceptors (Lipinski definition) is 6. The number of carbonyl (C=O) groups is 3. The Morgan fingerprint density at radius 1 is 1.20 bits per heavy atom. The fourth-order valence-electron chi connectivity index (χ4n) is 1.71. The molecule has 0 aliphatic heterocycles. The van der Waals surface area contributed by atoms with Gasteiger partial charge < -0.3 is 10.5 Å². The molecule has 0 radical (unpaired) electrons. The van der Waals surface area contributed by atoms with Crippen LogP contribution in [0.25, 0.3) is 0 Å². The number of primary amides is 1. The maximum atomic E-state index is 12.3. The number of amides is 3. The van der Waals surface area contributed by atoms with E-state index in [0.29, 0.717) is 5.02 Å². The van der Waals surface area contributed by atoms with Gasteiger partial charge in [-0.15, -0.1) is 0 Å². The van der Waals surface area contributed by atoms with Crippen LogP contribution in [0.5, 0.6) is 0 Å². The summed E-state index contributed by atoms with van der Waals surface area (Å²) in [7, 11) is -4.01. The Labute approximate surface area is 149 Å². The van der Waals surface area contributed by atoms with Crippen molar-refractivity contribution in [3.05, 3.63) is 29.3 Å². The summed E-state index contributed by atoms with van der Waals surface area (Å²) in [5, 5.41) is 2.08. The number of nitrogens with two attached hydrogens (primary N) is 1. The van der Waals surface area contributed by atoms with Gasteiger partial charge in [-0.3, -0.25) is 14.9 Å². The molecule has 0 aromatic heterocycles. The van der Waals surface area contributed by atoms with Gasteiger partial charge in [0.1, 0.15) is 6.04 Å². The van der Waals surface area contributed by atoms with E-state index in [4.69, 9.17) is 22.1 Å². The Balaban J connectivity index is 2.82. The highest BCUT2D eigenvalue weighted by Gasteiger charge is 2.30. The quantitative estimate of drug-likeness (QED) is 0.573. The molecule has 1 aromatic carbocycles. The van der Waals surface area contributed by atoms with Crippen LogP contribution in [0.1, 0.15) is 13.8 Å². The SMILES string of the molecule is CC(C)C(NS(=O)(=O)c1ccc(Cl)cc1)C(=O)OCC(=O)NC(N)=O. The number of sulfonamides is 1. The minimum absolute atomic E-state index is 0.0816. The molecule has 1 aromatic rings. The molecule has 0 saturated carbocycles. The molecular formula is C14H18ClN3O6S. The van der Waals surface area contributed by atoms with Crippen molar-refractivity contribution in [3.8, 4) is 0 Å². The first-order chi connectivity index (χ1) is 11.5. The van der Waals surface area contributed by atoms with Crippen LogP contribution in [0.2, 0.25) is 5.02 Å². The second-order valence-electron chi connectivity index (χ2n) is 5.32. The third-order valence-electron chi connectivity index (χ3n) is 2.93. The number of hydrogen-bond donors (Lipinski definition) is 3. The zero-order valence-electron chi connectivity index (χ0n) is 13.5. The number of imide groups is 1. The summed E-state index contributed by atoms with van der Waals surface area (Å²) >= 11 is 5.72. The van der Waals surface area contributed by atoms with Crippen molar-refractivity contribution < 1.29 is 27.5 Å². The van der Waals surface area contributed by atoms with E-state index < -0.39 is 46.5 Å². The fraction of sp³-hybridized carbons (Fsp3) is 0.357. The first kappa shape index (κ1) is 20.9. The second kappa shape index (κ2) is 8.79. The minimum Gasteiger partial charge on any atom is -0.454 e. The third kappa shape index (κ3) is 6.69. The lowest BCUT2D eigenvalue weighted by Gasteiger charge is -2.20. The predicted molar refractivity (Wildman–Crippen MR) is 89.1 cm³/mol. The van der Waals surface area contributed by atoms with E-state index in [-0.39, 0.29) is 4.90 Å². The Morgan fingerprint density at radius 2 is 1.76 bits per heavy atom. The average molecular weight is 392 g/mol. The predicted octanol–water partition coefficient (Wildman–Crippen LogP) is 0.381. The van der Waals surface area contributed by atoms with Crippen LogP contribution in [0.15, 0.2) is 29.2 Å². The standard InChI is InChI=1S/C14H18ClN3O6S/c1-8(2)12(13(20)24-7-11(19)17-14(16)21)18-25(22,23)10-5-3-9(15)4-6-10/h3-6,8,12,18H,7H2,1-2H3,(H3,16,17,19,21). The summed E-state index contributed by atoms with van der Waals surface area (Å²) in [5.74, 6) is -2.36. The number of esters is 1. The van der Waals surface area contributed by atoms with Gasteiger partial charge in [-0.1, -0.05) is 25.4 Å². The van der Waals surface area contributed by atoms with Crippen LogP contribution < -0.4 is 15.8 Å². The molecular weight excluding hydrogens is 374 g/mol. The molecule has 0 saturated heterocycles. The zero-order chi connectivity index (χ0) is 19.2. The Hall–Kier alpha value is -2.17. The van der Waals surface area contributed by atoms with E-state index in [1.165, 1.54) is 24.3 Å². The minimum atomic E-state index is -4.01. The Morgan fingerprint density at radius 3 is 2.24 bits per heavy atom. The number of urea groups is 1. The lowest BCUT2D eigenvalue weighted by molar-refractivity contribution is -0.150. The lowest BCUT2D eigenvalue weighted by Crippen LogP contribution is -2.46. The van der Waals surface area contributed by atoms with Crippen LogP contribution in [0.4, 0.5) is 4.79 Å². The van der Waals surface area contributed by atoms with E-state index in [9.17, 15) is 22.8 Å². The highest BCUT2D eigenvalue weighted by Crippen LogP contribution is 2.16. The van der Waals surface area contributed by atoms with Crippen molar-refractivity contribution >= 4 is 39.5 Å². The van der Waals surface area contributed by atoms with Crippen molar-refractivity contribution in [3.63, 3.8) is 0 Å². The van der Waals surface area contributed by atoms with Gasteiger partial charge in [-0.05, 0) is 30.2 Å². The number of halogens is 1. The first-order valence-electron chi connectivity index (χ1n) is 7.06. The molecule has 9 nitrogen and oxygen atoms in total. The summed E-state index contributed by atoms with van der Waals surface area (Å²) in [6.45, 7) is 2.42. The van der Waals surface area contributed by atoms with Gasteiger partial charge in [0, 0.05) is 5.02 Å². The Kier molecular flexibility index (Phi) is 7.34. The molecule has 0 bridgehead atoms. The summed E-state index contributed by atoms with van der Waals surface area (Å²) < 4.78 is 31.6. The van der Waals surface area contributed by atoms with Crippen molar-refractivity contribution in [1.29, 1.82) is 0 Å². The van der Waals surface area contributed by atoms with Crippen LogP contribution in [-0.2, 0) is 24.3 Å². The van der Waals surface area contributed by atoms with Gasteiger partial charge in [-0.25, -0.2) is 13.2 Å². The fourth-order valence-corrected chi connectivity index (χ4v) is 3.16. The largest absolute Gasteiger partial charge is 0.454 e. The molecule has 11 heteroatoms. The number of rotatable bonds is 7. The third-order valence-corrected chi connectivity index (χ3v) is 4.64. The van der Waals surface area contributed by atoms with E-state index in [2.05, 4.69) is 4.72 Å². The molecule has 1 atom stereocenters. The topological polar surface area (TPSA) is 145 Å². The van der Waals surface area contributed by atoms with Gasteiger partial charge >= 0.3 is 12.0 Å². The van der Waals surface area contributed by atoms with Crippen molar-refractivity contribution in [2.24, 2.45) is 11.7 Å². The van der Waals surface area contributed by atoms with Gasteiger partial charge in [0.2, 0.25) is 10.0 Å². The number of benzene rings is 1. The molecule has 3 amide bonds. The first-order valence-corrected chi connectivity index (χ1v) is 8.93. The van der Waals surface area contributed by atoms with E-state index in [1.54, 1.807) is 19.2 Å². The number of nitrogens with one attached hydrogen (secondary N) is 2. The molecule has 0 aliphatic carbocycles. The smallest absolute Gasteiger partial charge is 0.324 e. The lowest BCUT2D eigenvalue weighted by atomic mass is 10.1. The molecule has 0 fully saturated rings. The van der Waals surface area contributed by atoms with E-state index in [0.717, 1.165) is 0 Å². The van der Waals surface area contributed by atoms with Gasteiger partial charge in [0.05, 0.1) is 4.90 Å². The summed E-state index contributed by atoms with van der Waals surface area (Å²) in [4.78, 5) is 33.8. The number of carbonyl (C=O) groups excluding carboxylic acids is 3. The molecule has 138 valence electrons. The second-order valence-corrected chi connectivity index (χ2v) is 7.47. The molecule has 25 heavy (non-hydrogen) atoms. The van der Waals surface area contributed by atoms with Crippen LogP contribution >= 0.6 is 11.6 Å². The normalized spacial score (nSPS) is 12.5. The summed E-state index contributed by atoms with van der Waals surface area (Å²) in [6.07, 6.45) is 0. The van der Waals surface area contributed by atoms with Gasteiger partial charge in [-0.2, -0.15) is 4.72 Å². The van der Waals surface area contributed by atoms with E-state index in [1.807, 2.05) is 0 Å². The monoisotopic (exact) mass is 391 g/mol. The Bertz CT molecular complexity index is 748. The van der Waals surface area contributed by atoms with Gasteiger partial charge in [0.15, 0.2) is 6.61 Å². The summed E-state index contributed by atoms with van der Waals surface area (Å²) in [6, 6.07) is 3.04. The maximum absolute atomic E-state index is 12.3. The summed E-state index contributed by atoms with van der Waals surface area (Å²) in [5.41, 5.74) is 4.75. The van der Waals surface area contributed by atoms with Crippen LogP contribution in [0, 0.1) is 5.92 Å². The molecule has 0 spiro atoms. The van der Waals surface area contributed by atoms with Crippen molar-refractivity contribution in [2.75, 3.05) is 6.61 Å². The van der Waals surface area contributed by atoms with Gasteiger partial charge in [0.25, 0.3) is 5.91 Å². The maximum Gasteiger partial charge on any atom is 0.324 e. The van der Waals surface area contributed by atoms with Crippen molar-refractivity contribution in [2.45, 2.75) is 24.8 Å². The molecule has 4 N–H and O–H groups in total. The zero-order valence-corrected chi connectivity index (χ0v) is 15.1. The number of ether oxygens (including phenoxy) is 1. The highest BCUT2D eigenvalue weighted by atomic mass is 35.5. The average Bonchev–Trinajstić information content (AvgIpc) is 2.50. The van der Waals surface area contributed by atoms with Crippen LogP contribution in [-0.4, -0.2) is 39.0 Å². The molecule has 1 unspecified atom stereocenters. The molecule has 0 heterocycles.